The lowest BCUT2D eigenvalue weighted by molar-refractivity contribution is 0.712. The molecule has 1 rings (SSSR count). The SMILES string of the molecule is CC[C@H](N)c1ccc(Cl)s1.Cl. The van der Waals surface area contributed by atoms with Crippen molar-refractivity contribution in [3.05, 3.63) is 21.3 Å². The predicted octanol–water partition coefficient (Wildman–Crippen LogP) is 3.23. The molecule has 1 aromatic rings. The lowest BCUT2D eigenvalue weighted by atomic mass is 10.2. The van der Waals surface area contributed by atoms with Crippen LogP contribution < -0.4 is 5.73 Å². The number of rotatable bonds is 2. The van der Waals surface area contributed by atoms with Crippen molar-refractivity contribution in [1.29, 1.82) is 0 Å². The first-order chi connectivity index (χ1) is 4.74. The average Bonchev–Trinajstić information content (AvgIpc) is 2.34. The minimum absolute atomic E-state index is 0. The van der Waals surface area contributed by atoms with E-state index < -0.39 is 0 Å². The van der Waals surface area contributed by atoms with Crippen LogP contribution in [0.3, 0.4) is 0 Å². The second-order valence-electron chi connectivity index (χ2n) is 2.16. The van der Waals surface area contributed by atoms with Crippen molar-refractivity contribution >= 4 is 35.3 Å². The summed E-state index contributed by atoms with van der Waals surface area (Å²) < 4.78 is 0.818. The van der Waals surface area contributed by atoms with Gasteiger partial charge in [0.15, 0.2) is 0 Å². The molecule has 0 bridgehead atoms. The Kier molecular flexibility index (Phi) is 5.10. The van der Waals surface area contributed by atoms with Gasteiger partial charge in [0.25, 0.3) is 0 Å². The lowest BCUT2D eigenvalue weighted by Crippen LogP contribution is -2.05. The highest BCUT2D eigenvalue weighted by atomic mass is 35.5. The summed E-state index contributed by atoms with van der Waals surface area (Å²) in [6.45, 7) is 2.07. The minimum atomic E-state index is 0. The fraction of sp³-hybridized carbons (Fsp3) is 0.429. The molecule has 0 radical (unpaired) electrons. The Labute approximate surface area is 82.0 Å². The van der Waals surface area contributed by atoms with Crippen molar-refractivity contribution in [1.82, 2.24) is 0 Å². The summed E-state index contributed by atoms with van der Waals surface area (Å²) in [6.07, 6.45) is 0.969. The van der Waals surface area contributed by atoms with Crippen LogP contribution in [0.2, 0.25) is 4.34 Å². The smallest absolute Gasteiger partial charge is 0.0931 e. The number of hydrogen-bond donors (Lipinski definition) is 1. The zero-order chi connectivity index (χ0) is 7.56. The Morgan fingerprint density at radius 1 is 1.64 bits per heavy atom. The van der Waals surface area contributed by atoms with Gasteiger partial charge in [-0.25, -0.2) is 0 Å². The fourth-order valence-corrected chi connectivity index (χ4v) is 1.87. The van der Waals surface area contributed by atoms with Crippen molar-refractivity contribution < 1.29 is 0 Å². The van der Waals surface area contributed by atoms with Gasteiger partial charge in [-0.3, -0.25) is 0 Å². The van der Waals surface area contributed by atoms with Crippen molar-refractivity contribution in [2.75, 3.05) is 0 Å². The molecule has 0 aliphatic heterocycles. The van der Waals surface area contributed by atoms with Gasteiger partial charge in [0.2, 0.25) is 0 Å². The summed E-state index contributed by atoms with van der Waals surface area (Å²) in [5, 5.41) is 0. The third-order valence-corrected chi connectivity index (χ3v) is 2.76. The highest BCUT2D eigenvalue weighted by Gasteiger charge is 2.04. The first-order valence-corrected chi connectivity index (χ1v) is 4.44. The second-order valence-corrected chi connectivity index (χ2v) is 3.90. The second kappa shape index (κ2) is 4.99. The van der Waals surface area contributed by atoms with E-state index in [4.69, 9.17) is 17.3 Å². The van der Waals surface area contributed by atoms with Crippen molar-refractivity contribution in [2.45, 2.75) is 19.4 Å². The van der Waals surface area contributed by atoms with Gasteiger partial charge in [0.05, 0.1) is 4.34 Å². The zero-order valence-corrected chi connectivity index (χ0v) is 8.60. The Bertz CT molecular complexity index is 212. The molecule has 0 aromatic carbocycles. The van der Waals surface area contributed by atoms with Gasteiger partial charge in [-0.1, -0.05) is 18.5 Å². The fourth-order valence-electron chi connectivity index (χ4n) is 0.729. The summed E-state index contributed by atoms with van der Waals surface area (Å²) >= 11 is 7.29. The molecule has 0 fully saturated rings. The van der Waals surface area contributed by atoms with Crippen LogP contribution in [-0.2, 0) is 0 Å². The molecule has 11 heavy (non-hydrogen) atoms. The Morgan fingerprint density at radius 3 is 2.64 bits per heavy atom. The molecule has 1 nitrogen and oxygen atoms in total. The van der Waals surface area contributed by atoms with Crippen LogP contribution in [0.25, 0.3) is 0 Å². The number of nitrogens with two attached hydrogens (primary N) is 1. The third-order valence-electron chi connectivity index (χ3n) is 1.40. The largest absolute Gasteiger partial charge is 0.323 e. The highest BCUT2D eigenvalue weighted by molar-refractivity contribution is 7.16. The van der Waals surface area contributed by atoms with Gasteiger partial charge >= 0.3 is 0 Å². The van der Waals surface area contributed by atoms with Crippen LogP contribution in [0.5, 0.6) is 0 Å². The van der Waals surface area contributed by atoms with Gasteiger partial charge in [0, 0.05) is 10.9 Å². The topological polar surface area (TPSA) is 26.0 Å². The van der Waals surface area contributed by atoms with Crippen molar-refractivity contribution in [3.8, 4) is 0 Å². The summed E-state index contributed by atoms with van der Waals surface area (Å²) in [5.41, 5.74) is 5.76. The van der Waals surface area contributed by atoms with Crippen molar-refractivity contribution in [2.24, 2.45) is 5.73 Å². The Morgan fingerprint density at radius 2 is 2.27 bits per heavy atom. The van der Waals surface area contributed by atoms with Crippen LogP contribution in [-0.4, -0.2) is 0 Å². The van der Waals surface area contributed by atoms with Gasteiger partial charge in [-0.2, -0.15) is 0 Å². The van der Waals surface area contributed by atoms with Gasteiger partial charge in [0.1, 0.15) is 0 Å². The van der Waals surface area contributed by atoms with E-state index in [9.17, 15) is 0 Å². The molecular weight excluding hydrogens is 201 g/mol. The molecule has 0 amide bonds. The van der Waals surface area contributed by atoms with Gasteiger partial charge in [-0.05, 0) is 18.6 Å². The van der Waals surface area contributed by atoms with E-state index >= 15 is 0 Å². The van der Waals surface area contributed by atoms with Gasteiger partial charge in [-0.15, -0.1) is 23.7 Å². The van der Waals surface area contributed by atoms with E-state index in [2.05, 4.69) is 6.92 Å². The minimum Gasteiger partial charge on any atom is -0.323 e. The molecule has 1 aromatic heterocycles. The van der Waals surface area contributed by atoms with Crippen LogP contribution in [0.1, 0.15) is 24.3 Å². The molecule has 4 heteroatoms. The maximum absolute atomic E-state index is 5.76. The Hall–Kier alpha value is 0.240. The molecule has 0 saturated carbocycles. The molecule has 0 aliphatic carbocycles. The number of thiophene rings is 1. The van der Waals surface area contributed by atoms with Crippen LogP contribution >= 0.6 is 35.3 Å². The zero-order valence-electron chi connectivity index (χ0n) is 6.21. The van der Waals surface area contributed by atoms with E-state index in [1.54, 1.807) is 11.3 Å². The first-order valence-electron chi connectivity index (χ1n) is 3.25. The molecule has 0 aliphatic rings. The van der Waals surface area contributed by atoms with E-state index in [0.717, 1.165) is 10.8 Å². The van der Waals surface area contributed by atoms with Crippen LogP contribution in [0, 0.1) is 0 Å². The average molecular weight is 212 g/mol. The summed E-state index contributed by atoms with van der Waals surface area (Å²) in [5.74, 6) is 0. The number of halogens is 2. The highest BCUT2D eigenvalue weighted by Crippen LogP contribution is 2.26. The predicted molar refractivity (Wildman–Crippen MR) is 53.8 cm³/mol. The molecule has 0 saturated heterocycles. The summed E-state index contributed by atoms with van der Waals surface area (Å²) in [7, 11) is 0. The third kappa shape index (κ3) is 2.99. The molecular formula is C7H11Cl2NS. The molecule has 2 N–H and O–H groups in total. The quantitative estimate of drug-likeness (QED) is 0.800. The first kappa shape index (κ1) is 11.2. The molecule has 0 unspecified atom stereocenters. The van der Waals surface area contributed by atoms with Gasteiger partial charge < -0.3 is 5.73 Å². The maximum Gasteiger partial charge on any atom is 0.0931 e. The lowest BCUT2D eigenvalue weighted by Gasteiger charge is -2.02. The summed E-state index contributed by atoms with van der Waals surface area (Å²) in [6, 6.07) is 4.04. The number of hydrogen-bond acceptors (Lipinski definition) is 2. The molecule has 1 atom stereocenters. The monoisotopic (exact) mass is 211 g/mol. The van der Waals surface area contributed by atoms with Crippen LogP contribution in [0.4, 0.5) is 0 Å². The normalized spacial score (nSPS) is 12.3. The molecule has 0 spiro atoms. The van der Waals surface area contributed by atoms with Crippen molar-refractivity contribution in [3.63, 3.8) is 0 Å². The van der Waals surface area contributed by atoms with E-state index in [0.29, 0.717) is 0 Å². The maximum atomic E-state index is 5.76. The molecule has 64 valence electrons. The van der Waals surface area contributed by atoms with Crippen LogP contribution in [0.15, 0.2) is 12.1 Å². The standard InChI is InChI=1S/C7H10ClNS.ClH/c1-2-5(9)6-3-4-7(8)10-6;/h3-5H,2,9H2,1H3;1H/t5-;/m0./s1. The van der Waals surface area contributed by atoms with E-state index in [1.165, 1.54) is 4.88 Å². The summed E-state index contributed by atoms with van der Waals surface area (Å²) in [4.78, 5) is 1.17. The Balaban J connectivity index is 0.000001000. The van der Waals surface area contributed by atoms with E-state index in [-0.39, 0.29) is 18.4 Å². The van der Waals surface area contributed by atoms with E-state index in [1.807, 2.05) is 12.1 Å². The molecule has 1 heterocycles.